The molecule has 0 N–H and O–H groups in total. The summed E-state index contributed by atoms with van der Waals surface area (Å²) in [5.41, 5.74) is 0. The molecule has 0 spiro atoms. The van der Waals surface area contributed by atoms with E-state index in [1.807, 2.05) is 0 Å². The summed E-state index contributed by atoms with van der Waals surface area (Å²) in [5.74, 6) is 0. The summed E-state index contributed by atoms with van der Waals surface area (Å²) in [7, 11) is 0. The van der Waals surface area contributed by atoms with E-state index in [-0.39, 0.29) is 0 Å². The molecule has 0 aromatic carbocycles. The van der Waals surface area contributed by atoms with Gasteiger partial charge in [0.15, 0.2) is 28.1 Å². The zero-order valence-corrected chi connectivity index (χ0v) is 8.28. The summed E-state index contributed by atoms with van der Waals surface area (Å²) in [5, 5.41) is 29.9. The highest BCUT2D eigenvalue weighted by Gasteiger charge is 2.31. The Morgan fingerprint density at radius 2 is 1.53 bits per heavy atom. The summed E-state index contributed by atoms with van der Waals surface area (Å²) in [6.45, 7) is -1.96. The lowest BCUT2D eigenvalue weighted by Crippen LogP contribution is -2.51. The second-order valence-corrected chi connectivity index (χ2v) is 2.89. The summed E-state index contributed by atoms with van der Waals surface area (Å²) >= 11 is 0. The molecule has 0 saturated carbocycles. The van der Waals surface area contributed by atoms with E-state index in [1.165, 1.54) is 0 Å². The predicted octanol–water partition coefficient (Wildman–Crippen LogP) is -1.62. The minimum absolute atomic E-state index is 0.330. The Labute approximate surface area is 92.9 Å². The highest BCUT2D eigenvalue weighted by Crippen LogP contribution is 2.01. The molecule has 13 nitrogen and oxygen atoms in total. The molecule has 17 heavy (non-hydrogen) atoms. The maximum atomic E-state index is 10.5. The molecular weight excluding hydrogens is 242 g/mol. The highest BCUT2D eigenvalue weighted by atomic mass is 16.7. The second-order valence-electron chi connectivity index (χ2n) is 2.89. The smallest absolute Gasteiger partial charge is 0.217 e. The van der Waals surface area contributed by atoms with Gasteiger partial charge in [0, 0.05) is 0 Å². The largest absolute Gasteiger partial charge is 0.242 e. The van der Waals surface area contributed by atoms with E-state index in [9.17, 15) is 30.3 Å². The Morgan fingerprint density at radius 3 is 2.00 bits per heavy atom. The van der Waals surface area contributed by atoms with Gasteiger partial charge in [-0.1, -0.05) is 15.0 Å². The van der Waals surface area contributed by atoms with E-state index < -0.39 is 35.1 Å². The van der Waals surface area contributed by atoms with Gasteiger partial charge in [0.1, 0.15) is 0 Å². The molecule has 0 aromatic heterocycles. The van der Waals surface area contributed by atoms with Crippen LogP contribution in [0.25, 0.3) is 0 Å². The molecule has 0 radical (unpaired) electrons. The highest BCUT2D eigenvalue weighted by molar-refractivity contribution is 5.52. The Morgan fingerprint density at radius 1 is 0.941 bits per heavy atom. The van der Waals surface area contributed by atoms with Crippen molar-refractivity contribution >= 4 is 6.34 Å². The summed E-state index contributed by atoms with van der Waals surface area (Å²) < 4.78 is 0. The van der Waals surface area contributed by atoms with Crippen LogP contribution in [0.15, 0.2) is 4.99 Å². The zero-order chi connectivity index (χ0) is 13.0. The average Bonchev–Trinajstić information content (AvgIpc) is 2.15. The summed E-state index contributed by atoms with van der Waals surface area (Å²) in [6, 6.07) is 0. The van der Waals surface area contributed by atoms with Crippen LogP contribution >= 0.6 is 0 Å². The lowest BCUT2D eigenvalue weighted by Gasteiger charge is -2.21. The van der Waals surface area contributed by atoms with Gasteiger partial charge in [-0.3, -0.25) is 0 Å². The van der Waals surface area contributed by atoms with Crippen LogP contribution in [0.2, 0.25) is 0 Å². The zero-order valence-electron chi connectivity index (χ0n) is 8.28. The molecule has 0 saturated heterocycles. The lowest BCUT2D eigenvalue weighted by atomic mass is 10.7. The molecule has 0 aliphatic carbocycles. The van der Waals surface area contributed by atoms with E-state index in [0.717, 1.165) is 0 Å². The van der Waals surface area contributed by atoms with Crippen molar-refractivity contribution in [3.63, 3.8) is 0 Å². The maximum absolute atomic E-state index is 10.5. The van der Waals surface area contributed by atoms with Crippen LogP contribution in [0.3, 0.4) is 0 Å². The molecule has 1 heterocycles. The first kappa shape index (κ1) is 12.3. The quantitative estimate of drug-likeness (QED) is 0.424. The van der Waals surface area contributed by atoms with Crippen LogP contribution in [0.1, 0.15) is 0 Å². The van der Waals surface area contributed by atoms with Crippen LogP contribution in [-0.4, -0.2) is 56.5 Å². The van der Waals surface area contributed by atoms with Crippen LogP contribution < -0.4 is 0 Å². The minimum Gasteiger partial charge on any atom is -0.242 e. The fourth-order valence-electron chi connectivity index (χ4n) is 1.01. The van der Waals surface area contributed by atoms with Crippen molar-refractivity contribution in [2.75, 3.05) is 20.0 Å². The van der Waals surface area contributed by atoms with Crippen molar-refractivity contribution in [1.82, 2.24) is 15.0 Å². The van der Waals surface area contributed by atoms with Gasteiger partial charge in [0.25, 0.3) is 0 Å². The minimum atomic E-state index is -0.952. The normalized spacial score (nSPS) is 18.2. The number of rotatable bonds is 3. The molecule has 0 fully saturated rings. The number of hydrazine groups is 3. The molecule has 13 heteroatoms. The third kappa shape index (κ3) is 3.11. The standard InChI is InChI=1S/C4H7N7O6/c12-9(13)6-1-5-2-7(10(14)15)4-8(3-6)11(16)17/h1H,2-4H2/b5-1-. The third-order valence-electron chi connectivity index (χ3n) is 1.77. The molecule has 1 aliphatic heterocycles. The first-order valence-corrected chi connectivity index (χ1v) is 4.11. The summed E-state index contributed by atoms with van der Waals surface area (Å²) in [4.78, 5) is 34.9. The van der Waals surface area contributed by atoms with E-state index in [1.54, 1.807) is 0 Å². The van der Waals surface area contributed by atoms with Crippen molar-refractivity contribution < 1.29 is 15.1 Å². The monoisotopic (exact) mass is 249 g/mol. The second kappa shape index (κ2) is 4.86. The van der Waals surface area contributed by atoms with Crippen molar-refractivity contribution in [2.24, 2.45) is 4.99 Å². The van der Waals surface area contributed by atoms with Crippen molar-refractivity contribution in [1.29, 1.82) is 0 Å². The molecule has 0 amide bonds. The predicted molar refractivity (Wildman–Crippen MR) is 49.6 cm³/mol. The molecule has 94 valence electrons. The molecule has 0 atom stereocenters. The third-order valence-corrected chi connectivity index (χ3v) is 1.77. The van der Waals surface area contributed by atoms with E-state index in [0.29, 0.717) is 21.4 Å². The molecule has 0 aromatic rings. The summed E-state index contributed by atoms with van der Waals surface area (Å²) in [6.07, 6.45) is 0.701. The van der Waals surface area contributed by atoms with Crippen LogP contribution in [0.4, 0.5) is 0 Å². The maximum Gasteiger partial charge on any atom is 0.217 e. The molecule has 0 bridgehead atoms. The van der Waals surface area contributed by atoms with Gasteiger partial charge in [0.05, 0.1) is 0 Å². The topological polar surface area (TPSA) is 152 Å². The number of hydrogen-bond acceptors (Lipinski definition) is 7. The van der Waals surface area contributed by atoms with Crippen molar-refractivity contribution in [2.45, 2.75) is 0 Å². The Bertz CT molecular complexity index is 369. The van der Waals surface area contributed by atoms with Crippen LogP contribution in [-0.2, 0) is 0 Å². The lowest BCUT2D eigenvalue weighted by molar-refractivity contribution is -0.730. The molecular formula is C4H7N7O6. The molecule has 0 unspecified atom stereocenters. The fraction of sp³-hybridized carbons (Fsp3) is 0.750. The van der Waals surface area contributed by atoms with Crippen molar-refractivity contribution in [3.05, 3.63) is 30.3 Å². The van der Waals surface area contributed by atoms with E-state index in [4.69, 9.17) is 0 Å². The van der Waals surface area contributed by atoms with Gasteiger partial charge in [-0.2, -0.15) is 0 Å². The van der Waals surface area contributed by atoms with Crippen LogP contribution in [0.5, 0.6) is 0 Å². The van der Waals surface area contributed by atoms with Crippen LogP contribution in [0, 0.1) is 30.3 Å². The Hall–Kier alpha value is -2.73. The number of nitro groups is 3. The van der Waals surface area contributed by atoms with E-state index >= 15 is 0 Å². The number of aliphatic imine (C=N–C) groups is 1. The molecule has 1 aliphatic rings. The van der Waals surface area contributed by atoms with Crippen molar-refractivity contribution in [3.8, 4) is 0 Å². The average molecular weight is 249 g/mol. The van der Waals surface area contributed by atoms with Gasteiger partial charge < -0.3 is 0 Å². The van der Waals surface area contributed by atoms with E-state index in [2.05, 4.69) is 4.99 Å². The number of nitrogens with zero attached hydrogens (tertiary/aromatic N) is 7. The SMILES string of the molecule is O=[N+]([O-])N1/C=N\CN([N+](=O)[O-])CN([N+](=O)[O-])C1. The van der Waals surface area contributed by atoms with Gasteiger partial charge in [-0.25, -0.2) is 35.3 Å². The van der Waals surface area contributed by atoms with Gasteiger partial charge >= 0.3 is 0 Å². The Balaban J connectivity index is 2.89. The Kier molecular flexibility index (Phi) is 3.53. The number of hydrogen-bond donors (Lipinski definition) is 0. The molecule has 1 rings (SSSR count). The van der Waals surface area contributed by atoms with Gasteiger partial charge in [-0.15, -0.1) is 0 Å². The fourth-order valence-corrected chi connectivity index (χ4v) is 1.01. The van der Waals surface area contributed by atoms with Gasteiger partial charge in [0.2, 0.25) is 13.3 Å². The van der Waals surface area contributed by atoms with Gasteiger partial charge in [-0.05, 0) is 0 Å². The first-order chi connectivity index (χ1) is 7.91. The first-order valence-electron chi connectivity index (χ1n) is 4.11.